The summed E-state index contributed by atoms with van der Waals surface area (Å²) in [6.07, 6.45) is 2.29. The third-order valence-electron chi connectivity index (χ3n) is 3.99. The van der Waals surface area contributed by atoms with Gasteiger partial charge in [0.2, 0.25) is 0 Å². The highest BCUT2D eigenvalue weighted by Crippen LogP contribution is 2.39. The van der Waals surface area contributed by atoms with Crippen LogP contribution in [0.4, 0.5) is 5.69 Å². The number of ether oxygens (including phenoxy) is 1. The normalized spacial score (nSPS) is 32.2. The molecule has 1 fully saturated rings. The molecule has 4 unspecified atom stereocenters. The molecule has 2 aromatic heterocycles. The van der Waals surface area contributed by atoms with E-state index in [1.165, 1.54) is 0 Å². The molecule has 5 heteroatoms. The monoisotopic (exact) mass is 246 g/mol. The Balaban J connectivity index is 2.11. The summed E-state index contributed by atoms with van der Waals surface area (Å²) < 4.78 is 7.86. The van der Waals surface area contributed by atoms with Crippen LogP contribution in [0, 0.1) is 5.92 Å². The van der Waals surface area contributed by atoms with E-state index in [0.29, 0.717) is 5.92 Å². The van der Waals surface area contributed by atoms with E-state index in [0.717, 1.165) is 17.2 Å². The first kappa shape index (κ1) is 11.5. The maximum Gasteiger partial charge on any atom is 0.160 e. The van der Waals surface area contributed by atoms with Gasteiger partial charge in [-0.3, -0.25) is 4.40 Å². The molecule has 18 heavy (non-hydrogen) atoms. The second-order valence-electron chi connectivity index (χ2n) is 5.18. The van der Waals surface area contributed by atoms with Gasteiger partial charge in [-0.15, -0.1) is 10.2 Å². The smallest absolute Gasteiger partial charge is 0.160 e. The zero-order chi connectivity index (χ0) is 12.9. The summed E-state index contributed by atoms with van der Waals surface area (Å²) in [6.45, 7) is 6.41. The Kier molecular flexibility index (Phi) is 2.52. The molecule has 3 rings (SSSR count). The van der Waals surface area contributed by atoms with Crippen LogP contribution >= 0.6 is 0 Å². The first-order valence-electron chi connectivity index (χ1n) is 6.33. The number of rotatable bonds is 1. The number of hydrogen-bond acceptors (Lipinski definition) is 4. The Morgan fingerprint density at radius 1 is 1.17 bits per heavy atom. The Bertz CT molecular complexity index is 579. The van der Waals surface area contributed by atoms with Gasteiger partial charge in [0.25, 0.3) is 0 Å². The highest BCUT2D eigenvalue weighted by molar-refractivity contribution is 5.47. The highest BCUT2D eigenvalue weighted by Gasteiger charge is 2.40. The summed E-state index contributed by atoms with van der Waals surface area (Å²) in [6, 6.07) is 3.73. The quantitative estimate of drug-likeness (QED) is 0.833. The van der Waals surface area contributed by atoms with E-state index in [1.54, 1.807) is 0 Å². The van der Waals surface area contributed by atoms with Gasteiger partial charge >= 0.3 is 0 Å². The Hall–Kier alpha value is -1.62. The third kappa shape index (κ3) is 1.58. The van der Waals surface area contributed by atoms with Crippen molar-refractivity contribution in [3.8, 4) is 0 Å². The molecule has 3 heterocycles. The number of aromatic nitrogens is 3. The standard InChI is InChI=1S/C13H18N4O/c1-7-8(2)18-9(3)12(7)13-16-15-11-5-4-10(14)6-17(11)13/h4-9,12H,14H2,1-3H3. The minimum absolute atomic E-state index is 0.156. The minimum atomic E-state index is 0.156. The number of nitrogen functional groups attached to an aromatic ring is 1. The molecule has 0 radical (unpaired) electrons. The maximum atomic E-state index is 5.88. The van der Waals surface area contributed by atoms with Crippen molar-refractivity contribution in [1.82, 2.24) is 14.6 Å². The van der Waals surface area contributed by atoms with Gasteiger partial charge in [0.15, 0.2) is 5.65 Å². The number of nitrogens with zero attached hydrogens (tertiary/aromatic N) is 3. The van der Waals surface area contributed by atoms with Crippen LogP contribution in [-0.4, -0.2) is 26.8 Å². The summed E-state index contributed by atoms with van der Waals surface area (Å²) >= 11 is 0. The van der Waals surface area contributed by atoms with Gasteiger partial charge in [0.05, 0.1) is 18.1 Å². The molecule has 2 N–H and O–H groups in total. The largest absolute Gasteiger partial charge is 0.398 e. The SMILES string of the molecule is CC1OC(C)C(c2nnc3ccc(N)cn23)C1C. The van der Waals surface area contributed by atoms with Crippen LogP contribution in [0.5, 0.6) is 0 Å². The molecule has 0 aliphatic carbocycles. The zero-order valence-electron chi connectivity index (χ0n) is 10.9. The lowest BCUT2D eigenvalue weighted by atomic mass is 9.89. The molecule has 1 aliphatic heterocycles. The molecule has 5 nitrogen and oxygen atoms in total. The van der Waals surface area contributed by atoms with E-state index in [2.05, 4.69) is 31.0 Å². The first-order chi connectivity index (χ1) is 8.58. The van der Waals surface area contributed by atoms with Gasteiger partial charge < -0.3 is 10.5 Å². The first-order valence-corrected chi connectivity index (χ1v) is 6.33. The van der Waals surface area contributed by atoms with Crippen LogP contribution < -0.4 is 5.73 Å². The van der Waals surface area contributed by atoms with Crippen molar-refractivity contribution in [3.63, 3.8) is 0 Å². The topological polar surface area (TPSA) is 65.4 Å². The average molecular weight is 246 g/mol. The predicted octanol–water partition coefficient (Wildman–Crippen LogP) is 1.84. The van der Waals surface area contributed by atoms with Crippen molar-refractivity contribution in [2.45, 2.75) is 38.9 Å². The number of nitrogens with two attached hydrogens (primary N) is 1. The number of hydrogen-bond donors (Lipinski definition) is 1. The number of fused-ring (bicyclic) bond motifs is 1. The van der Waals surface area contributed by atoms with E-state index < -0.39 is 0 Å². The molecule has 0 saturated carbocycles. The van der Waals surface area contributed by atoms with Gasteiger partial charge in [-0.25, -0.2) is 0 Å². The molecule has 1 saturated heterocycles. The van der Waals surface area contributed by atoms with E-state index in [9.17, 15) is 0 Å². The lowest BCUT2D eigenvalue weighted by Crippen LogP contribution is -2.18. The molecule has 4 atom stereocenters. The maximum absolute atomic E-state index is 5.88. The summed E-state index contributed by atoms with van der Waals surface area (Å²) in [5, 5.41) is 8.53. The minimum Gasteiger partial charge on any atom is -0.398 e. The van der Waals surface area contributed by atoms with E-state index >= 15 is 0 Å². The molecule has 0 aromatic carbocycles. The molecule has 0 amide bonds. The molecule has 2 aromatic rings. The predicted molar refractivity (Wildman–Crippen MR) is 69.3 cm³/mol. The van der Waals surface area contributed by atoms with E-state index in [4.69, 9.17) is 10.5 Å². The van der Waals surface area contributed by atoms with Crippen LogP contribution in [0.1, 0.15) is 32.5 Å². The summed E-state index contributed by atoms with van der Waals surface area (Å²) in [7, 11) is 0. The van der Waals surface area contributed by atoms with Crippen molar-refractivity contribution in [2.75, 3.05) is 5.73 Å². The zero-order valence-corrected chi connectivity index (χ0v) is 10.9. The fraction of sp³-hybridized carbons (Fsp3) is 0.538. The number of anilines is 1. The molecule has 1 aliphatic rings. The van der Waals surface area contributed by atoms with Gasteiger partial charge in [0.1, 0.15) is 5.82 Å². The van der Waals surface area contributed by atoms with Gasteiger partial charge in [-0.2, -0.15) is 0 Å². The van der Waals surface area contributed by atoms with Crippen LogP contribution in [0.25, 0.3) is 5.65 Å². The van der Waals surface area contributed by atoms with Crippen LogP contribution in [-0.2, 0) is 4.74 Å². The lowest BCUT2D eigenvalue weighted by Gasteiger charge is -2.16. The summed E-state index contributed by atoms with van der Waals surface area (Å²) in [5.74, 6) is 1.63. The van der Waals surface area contributed by atoms with Crippen LogP contribution in [0.2, 0.25) is 0 Å². The van der Waals surface area contributed by atoms with Crippen molar-refractivity contribution < 1.29 is 4.74 Å². The third-order valence-corrected chi connectivity index (χ3v) is 3.99. The van der Waals surface area contributed by atoms with Crippen molar-refractivity contribution in [2.24, 2.45) is 5.92 Å². The number of pyridine rings is 1. The second-order valence-corrected chi connectivity index (χ2v) is 5.18. The van der Waals surface area contributed by atoms with Crippen molar-refractivity contribution in [1.29, 1.82) is 0 Å². The average Bonchev–Trinajstić information content (AvgIpc) is 2.82. The Morgan fingerprint density at radius 2 is 1.94 bits per heavy atom. The molecule has 0 bridgehead atoms. The molecule has 0 spiro atoms. The fourth-order valence-corrected chi connectivity index (χ4v) is 2.86. The van der Waals surface area contributed by atoms with Gasteiger partial charge in [0, 0.05) is 11.9 Å². The summed E-state index contributed by atoms with van der Waals surface area (Å²) in [5.41, 5.74) is 7.39. The van der Waals surface area contributed by atoms with Crippen molar-refractivity contribution in [3.05, 3.63) is 24.2 Å². The molecular weight excluding hydrogens is 228 g/mol. The second kappa shape index (κ2) is 3.95. The summed E-state index contributed by atoms with van der Waals surface area (Å²) in [4.78, 5) is 0. The highest BCUT2D eigenvalue weighted by atomic mass is 16.5. The van der Waals surface area contributed by atoms with Gasteiger partial charge in [-0.1, -0.05) is 6.92 Å². The molecular formula is C13H18N4O. The lowest BCUT2D eigenvalue weighted by molar-refractivity contribution is 0.0553. The fourth-order valence-electron chi connectivity index (χ4n) is 2.86. The molecule has 96 valence electrons. The van der Waals surface area contributed by atoms with Gasteiger partial charge in [-0.05, 0) is 31.9 Å². The Labute approximate surface area is 106 Å². The van der Waals surface area contributed by atoms with Crippen LogP contribution in [0.3, 0.4) is 0 Å². The Morgan fingerprint density at radius 3 is 2.61 bits per heavy atom. The van der Waals surface area contributed by atoms with E-state index in [1.807, 2.05) is 22.7 Å². The van der Waals surface area contributed by atoms with Crippen LogP contribution in [0.15, 0.2) is 18.3 Å². The van der Waals surface area contributed by atoms with E-state index in [-0.39, 0.29) is 18.1 Å². The van der Waals surface area contributed by atoms with Crippen molar-refractivity contribution >= 4 is 11.3 Å².